The van der Waals surface area contributed by atoms with Crippen molar-refractivity contribution in [3.05, 3.63) is 29.8 Å². The Hall–Kier alpha value is -1.21. The van der Waals surface area contributed by atoms with Crippen LogP contribution in [0.3, 0.4) is 0 Å². The van der Waals surface area contributed by atoms with Crippen molar-refractivity contribution >= 4 is 18.4 Å². The number of hydrogen-bond acceptors (Lipinski definition) is 5. The van der Waals surface area contributed by atoms with Crippen LogP contribution in [-0.2, 0) is 14.0 Å². The molecule has 3 aliphatic rings. The zero-order valence-electron chi connectivity index (χ0n) is 17.0. The number of carbonyl (C=O) groups excluding carboxylic acids is 1. The molecule has 2 atom stereocenters. The molecule has 4 rings (SSSR count). The molecule has 0 amide bonds. The summed E-state index contributed by atoms with van der Waals surface area (Å²) in [5.41, 5.74) is 0.901. The summed E-state index contributed by atoms with van der Waals surface area (Å²) in [6.45, 7) is 9.63. The Balaban J connectivity index is 1.52. The summed E-state index contributed by atoms with van der Waals surface area (Å²) in [7, 11) is 1.71. The monoisotopic (exact) mass is 371 g/mol. The summed E-state index contributed by atoms with van der Waals surface area (Å²) >= 11 is 0. The standard InChI is InChI=1S/C21H30BNO4/c1-20(2)21(3,4)27-22(26-20)16-8-6-7-14(9-16)19(24)15-10-17-12-25-13-18(11-15)23(17)5/h6-9,15,17-18H,10-13H2,1-5H3. The van der Waals surface area contributed by atoms with Crippen molar-refractivity contribution in [1.82, 2.24) is 4.90 Å². The zero-order valence-corrected chi connectivity index (χ0v) is 17.0. The molecule has 3 heterocycles. The van der Waals surface area contributed by atoms with Gasteiger partial charge in [0.05, 0.1) is 24.4 Å². The molecule has 146 valence electrons. The van der Waals surface area contributed by atoms with Gasteiger partial charge in [0.25, 0.3) is 0 Å². The highest BCUT2D eigenvalue weighted by atomic mass is 16.7. The fourth-order valence-corrected chi connectivity index (χ4v) is 4.36. The lowest BCUT2D eigenvalue weighted by molar-refractivity contribution is -0.0702. The normalized spacial score (nSPS) is 32.5. The van der Waals surface area contributed by atoms with Gasteiger partial charge in [-0.15, -0.1) is 0 Å². The highest BCUT2D eigenvalue weighted by Crippen LogP contribution is 2.37. The molecule has 0 N–H and O–H groups in total. The molecule has 2 bridgehead atoms. The Labute approximate surface area is 162 Å². The van der Waals surface area contributed by atoms with E-state index in [1.807, 2.05) is 52.0 Å². The van der Waals surface area contributed by atoms with Crippen LogP contribution in [0.25, 0.3) is 0 Å². The van der Waals surface area contributed by atoms with E-state index in [2.05, 4.69) is 11.9 Å². The first-order valence-corrected chi connectivity index (χ1v) is 9.97. The van der Waals surface area contributed by atoms with E-state index in [4.69, 9.17) is 14.0 Å². The maximum absolute atomic E-state index is 13.2. The molecule has 6 heteroatoms. The zero-order chi connectivity index (χ0) is 19.4. The lowest BCUT2D eigenvalue weighted by atomic mass is 9.76. The third-order valence-corrected chi connectivity index (χ3v) is 6.95. The van der Waals surface area contributed by atoms with Gasteiger partial charge < -0.3 is 14.0 Å². The van der Waals surface area contributed by atoms with E-state index in [1.165, 1.54) is 0 Å². The number of morpholine rings is 1. The molecule has 0 radical (unpaired) electrons. The molecule has 1 aromatic rings. The van der Waals surface area contributed by atoms with Gasteiger partial charge in [-0.2, -0.15) is 0 Å². The molecule has 0 aliphatic carbocycles. The molecule has 0 aromatic heterocycles. The van der Waals surface area contributed by atoms with Crippen molar-refractivity contribution in [2.45, 2.75) is 63.8 Å². The molecule has 3 aliphatic heterocycles. The van der Waals surface area contributed by atoms with Gasteiger partial charge in [-0.3, -0.25) is 9.69 Å². The van der Waals surface area contributed by atoms with Crippen LogP contribution in [-0.4, -0.2) is 61.3 Å². The average Bonchev–Trinajstić information content (AvgIpc) is 2.82. The van der Waals surface area contributed by atoms with Crippen molar-refractivity contribution in [2.75, 3.05) is 20.3 Å². The van der Waals surface area contributed by atoms with E-state index in [9.17, 15) is 4.79 Å². The number of nitrogens with zero attached hydrogens (tertiary/aromatic N) is 1. The molecular formula is C21H30BNO4. The third kappa shape index (κ3) is 3.37. The number of carbonyl (C=O) groups is 1. The van der Waals surface area contributed by atoms with E-state index in [1.54, 1.807) is 0 Å². The summed E-state index contributed by atoms with van der Waals surface area (Å²) in [5, 5.41) is 0. The van der Waals surface area contributed by atoms with Gasteiger partial charge >= 0.3 is 7.12 Å². The molecule has 27 heavy (non-hydrogen) atoms. The van der Waals surface area contributed by atoms with Gasteiger partial charge in [-0.05, 0) is 53.0 Å². The Kier molecular flexibility index (Phi) is 4.74. The molecule has 5 nitrogen and oxygen atoms in total. The Bertz CT molecular complexity index is 705. The quantitative estimate of drug-likeness (QED) is 0.603. The van der Waals surface area contributed by atoms with Crippen molar-refractivity contribution in [3.63, 3.8) is 0 Å². The number of ether oxygens (including phenoxy) is 1. The van der Waals surface area contributed by atoms with Crippen LogP contribution in [0.4, 0.5) is 0 Å². The number of Topliss-reactive ketones (excluding diaryl/α,β-unsaturated/α-hetero) is 1. The van der Waals surface area contributed by atoms with Gasteiger partial charge in [-0.1, -0.05) is 24.3 Å². The van der Waals surface area contributed by atoms with E-state index < -0.39 is 7.12 Å². The second kappa shape index (κ2) is 6.69. The van der Waals surface area contributed by atoms with E-state index in [0.717, 1.165) is 37.1 Å². The van der Waals surface area contributed by atoms with Gasteiger partial charge in [0.2, 0.25) is 0 Å². The number of benzene rings is 1. The Morgan fingerprint density at radius 3 is 2.26 bits per heavy atom. The van der Waals surface area contributed by atoms with Gasteiger partial charge in [0, 0.05) is 23.6 Å². The smallest absolute Gasteiger partial charge is 0.399 e. The van der Waals surface area contributed by atoms with Crippen LogP contribution < -0.4 is 5.46 Å². The van der Waals surface area contributed by atoms with Crippen LogP contribution in [0, 0.1) is 5.92 Å². The lowest BCUT2D eigenvalue weighted by Crippen LogP contribution is -2.55. The highest BCUT2D eigenvalue weighted by Gasteiger charge is 2.51. The second-order valence-corrected chi connectivity index (χ2v) is 9.26. The second-order valence-electron chi connectivity index (χ2n) is 9.26. The number of likely N-dealkylation sites (N-methyl/N-ethyl adjacent to an activating group) is 1. The number of ketones is 1. The van der Waals surface area contributed by atoms with Crippen molar-refractivity contribution in [1.29, 1.82) is 0 Å². The Morgan fingerprint density at radius 2 is 1.67 bits per heavy atom. The molecule has 2 unspecified atom stereocenters. The molecule has 0 saturated carbocycles. The molecule has 1 aromatic carbocycles. The summed E-state index contributed by atoms with van der Waals surface area (Å²) < 4.78 is 18.0. The van der Waals surface area contributed by atoms with Crippen LogP contribution >= 0.6 is 0 Å². The fourth-order valence-electron chi connectivity index (χ4n) is 4.36. The molecule has 3 saturated heterocycles. The maximum Gasteiger partial charge on any atom is 0.494 e. The summed E-state index contributed by atoms with van der Waals surface area (Å²) in [6, 6.07) is 8.48. The molecular weight excluding hydrogens is 341 g/mol. The number of fused-ring (bicyclic) bond motifs is 2. The third-order valence-electron chi connectivity index (χ3n) is 6.95. The van der Waals surface area contributed by atoms with Crippen molar-refractivity contribution in [2.24, 2.45) is 5.92 Å². The van der Waals surface area contributed by atoms with E-state index >= 15 is 0 Å². The predicted molar refractivity (Wildman–Crippen MR) is 105 cm³/mol. The van der Waals surface area contributed by atoms with E-state index in [-0.39, 0.29) is 22.9 Å². The van der Waals surface area contributed by atoms with Crippen LogP contribution in [0.5, 0.6) is 0 Å². The predicted octanol–water partition coefficient (Wildman–Crippen LogP) is 2.28. The molecule has 3 fully saturated rings. The maximum atomic E-state index is 13.2. The lowest BCUT2D eigenvalue weighted by Gasteiger charge is -2.46. The number of hydrogen-bond donors (Lipinski definition) is 0. The summed E-state index contributed by atoms with van der Waals surface area (Å²) in [5.74, 6) is 0.298. The molecule has 0 spiro atoms. The largest absolute Gasteiger partial charge is 0.494 e. The fraction of sp³-hybridized carbons (Fsp3) is 0.667. The SMILES string of the molecule is CN1C2COCC1CC(C(=O)c1cccc(B3OC(C)(C)C(C)(C)O3)c1)C2. The van der Waals surface area contributed by atoms with Gasteiger partial charge in [0.15, 0.2) is 5.78 Å². The van der Waals surface area contributed by atoms with E-state index in [0.29, 0.717) is 12.1 Å². The van der Waals surface area contributed by atoms with Crippen LogP contribution in [0.2, 0.25) is 0 Å². The average molecular weight is 371 g/mol. The summed E-state index contributed by atoms with van der Waals surface area (Å²) in [6.07, 6.45) is 1.74. The first-order chi connectivity index (χ1) is 12.7. The highest BCUT2D eigenvalue weighted by molar-refractivity contribution is 6.62. The minimum atomic E-state index is -0.437. The Morgan fingerprint density at radius 1 is 1.07 bits per heavy atom. The topological polar surface area (TPSA) is 48.0 Å². The van der Waals surface area contributed by atoms with Crippen molar-refractivity contribution in [3.8, 4) is 0 Å². The van der Waals surface area contributed by atoms with Gasteiger partial charge in [0.1, 0.15) is 0 Å². The number of rotatable bonds is 3. The summed E-state index contributed by atoms with van der Waals surface area (Å²) in [4.78, 5) is 15.6. The first-order valence-electron chi connectivity index (χ1n) is 9.97. The number of piperidine rings is 1. The minimum Gasteiger partial charge on any atom is -0.399 e. The minimum absolute atomic E-state index is 0.0636. The van der Waals surface area contributed by atoms with Gasteiger partial charge in [-0.25, -0.2) is 0 Å². The van der Waals surface area contributed by atoms with Crippen LogP contribution in [0.15, 0.2) is 24.3 Å². The van der Waals surface area contributed by atoms with Crippen molar-refractivity contribution < 1.29 is 18.8 Å². The van der Waals surface area contributed by atoms with Crippen LogP contribution in [0.1, 0.15) is 50.9 Å². The first kappa shape index (κ1) is 19.1.